The van der Waals surface area contributed by atoms with Crippen molar-refractivity contribution in [3.05, 3.63) is 54.1 Å². The average Bonchev–Trinajstić information content (AvgIpc) is 3.38. The lowest BCUT2D eigenvalue weighted by atomic mass is 10.0. The number of carboxylic acid groups (broad SMARTS) is 1. The summed E-state index contributed by atoms with van der Waals surface area (Å²) in [6.45, 7) is 1.49. The molecule has 1 aromatic carbocycles. The minimum absolute atomic E-state index is 0.0451. The van der Waals surface area contributed by atoms with Gasteiger partial charge in [-0.3, -0.25) is 24.2 Å². The van der Waals surface area contributed by atoms with Crippen LogP contribution in [-0.4, -0.2) is 75.4 Å². The van der Waals surface area contributed by atoms with Crippen molar-refractivity contribution in [3.8, 4) is 0 Å². The monoisotopic (exact) mass is 529 g/mol. The van der Waals surface area contributed by atoms with Crippen LogP contribution in [-0.2, 0) is 32.0 Å². The third-order valence-corrected chi connectivity index (χ3v) is 5.55. The Labute approximate surface area is 219 Å². The number of rotatable bonds is 15. The third kappa shape index (κ3) is 10.3. The van der Waals surface area contributed by atoms with Crippen molar-refractivity contribution in [2.75, 3.05) is 6.54 Å². The number of H-pyrrole nitrogens is 1. The number of nitrogens with two attached hydrogens (primary N) is 3. The number of guanidine groups is 1. The Hall–Kier alpha value is -4.46. The van der Waals surface area contributed by atoms with Crippen LogP contribution in [0.3, 0.4) is 0 Å². The van der Waals surface area contributed by atoms with Gasteiger partial charge in [0.1, 0.15) is 18.1 Å². The van der Waals surface area contributed by atoms with Gasteiger partial charge >= 0.3 is 5.97 Å². The van der Waals surface area contributed by atoms with E-state index in [1.165, 1.54) is 19.4 Å². The van der Waals surface area contributed by atoms with Gasteiger partial charge in [-0.15, -0.1) is 0 Å². The quantitative estimate of drug-likeness (QED) is 0.0731. The normalized spacial score (nSPS) is 13.8. The predicted molar refractivity (Wildman–Crippen MR) is 139 cm³/mol. The molecule has 206 valence electrons. The molecular formula is C24H35N9O5. The number of aliphatic carboxylic acids is 1. The molecule has 0 fully saturated rings. The lowest BCUT2D eigenvalue weighted by Gasteiger charge is -2.24. The van der Waals surface area contributed by atoms with Gasteiger partial charge in [0.25, 0.3) is 0 Å². The molecule has 0 aliphatic heterocycles. The van der Waals surface area contributed by atoms with Crippen LogP contribution < -0.4 is 33.2 Å². The highest BCUT2D eigenvalue weighted by atomic mass is 16.4. The Morgan fingerprint density at radius 3 is 2.26 bits per heavy atom. The SMILES string of the molecule is CC(NC(=O)C(CCCN=C(N)N)NC(=O)C(Cc1cnc[nH]1)NC(=O)C(N)Cc1ccccc1)C(=O)O. The first-order valence-electron chi connectivity index (χ1n) is 12.0. The molecule has 0 saturated carbocycles. The van der Waals surface area contributed by atoms with Crippen LogP contribution in [0, 0.1) is 0 Å². The van der Waals surface area contributed by atoms with E-state index in [9.17, 15) is 19.2 Å². The highest BCUT2D eigenvalue weighted by molar-refractivity contribution is 5.94. The standard InChI is InChI=1S/C24H35N9O5/c1-14(23(37)38)31-21(35)18(8-5-9-29-24(26)27)32-22(36)19(11-16-12-28-13-30-16)33-20(34)17(25)10-15-6-3-2-4-7-15/h2-4,6-7,12-14,17-19H,5,8-11,25H2,1H3,(H,28,30)(H,31,35)(H,32,36)(H,33,34)(H,37,38)(H4,26,27,29). The summed E-state index contributed by atoms with van der Waals surface area (Å²) in [7, 11) is 0. The summed E-state index contributed by atoms with van der Waals surface area (Å²) in [6, 6.07) is 4.86. The third-order valence-electron chi connectivity index (χ3n) is 5.55. The summed E-state index contributed by atoms with van der Waals surface area (Å²) in [5.41, 5.74) is 18.2. The lowest BCUT2D eigenvalue weighted by molar-refractivity contribution is -0.141. The van der Waals surface area contributed by atoms with Crippen LogP contribution in [0.15, 0.2) is 47.8 Å². The summed E-state index contributed by atoms with van der Waals surface area (Å²) < 4.78 is 0. The number of benzene rings is 1. The van der Waals surface area contributed by atoms with E-state index in [0.717, 1.165) is 5.56 Å². The maximum absolute atomic E-state index is 13.3. The van der Waals surface area contributed by atoms with E-state index in [-0.39, 0.29) is 31.8 Å². The molecule has 2 rings (SSSR count). The van der Waals surface area contributed by atoms with Gasteiger partial charge in [0.2, 0.25) is 17.7 Å². The molecule has 4 atom stereocenters. The number of nitrogens with one attached hydrogen (secondary N) is 4. The number of aromatic amines is 1. The maximum atomic E-state index is 13.3. The van der Waals surface area contributed by atoms with Gasteiger partial charge in [-0.25, -0.2) is 4.98 Å². The zero-order valence-corrected chi connectivity index (χ0v) is 21.1. The highest BCUT2D eigenvalue weighted by Crippen LogP contribution is 2.06. The summed E-state index contributed by atoms with van der Waals surface area (Å²) in [4.78, 5) is 60.8. The van der Waals surface area contributed by atoms with Gasteiger partial charge < -0.3 is 43.2 Å². The first-order chi connectivity index (χ1) is 18.1. The van der Waals surface area contributed by atoms with Gasteiger partial charge in [-0.05, 0) is 31.7 Å². The fraction of sp³-hybridized carbons (Fsp3) is 0.417. The van der Waals surface area contributed by atoms with Crippen LogP contribution >= 0.6 is 0 Å². The van der Waals surface area contributed by atoms with Gasteiger partial charge in [0, 0.05) is 24.9 Å². The Bertz CT molecular complexity index is 1090. The number of carboxylic acids is 1. The van der Waals surface area contributed by atoms with Gasteiger partial charge in [-0.2, -0.15) is 0 Å². The van der Waals surface area contributed by atoms with E-state index in [0.29, 0.717) is 12.1 Å². The number of aliphatic imine (C=N–C) groups is 1. The lowest BCUT2D eigenvalue weighted by Crippen LogP contribution is -2.57. The predicted octanol–water partition coefficient (Wildman–Crippen LogP) is -1.87. The molecule has 38 heavy (non-hydrogen) atoms. The van der Waals surface area contributed by atoms with Crippen LogP contribution in [0.4, 0.5) is 0 Å². The van der Waals surface area contributed by atoms with Crippen molar-refractivity contribution in [2.24, 2.45) is 22.2 Å². The molecule has 14 nitrogen and oxygen atoms in total. The Morgan fingerprint density at radius 2 is 1.66 bits per heavy atom. The second-order valence-corrected chi connectivity index (χ2v) is 8.72. The largest absolute Gasteiger partial charge is 0.480 e. The molecule has 0 aliphatic carbocycles. The van der Waals surface area contributed by atoms with E-state index in [2.05, 4.69) is 30.9 Å². The van der Waals surface area contributed by atoms with Crippen LogP contribution in [0.2, 0.25) is 0 Å². The second-order valence-electron chi connectivity index (χ2n) is 8.72. The van der Waals surface area contributed by atoms with E-state index in [1.54, 1.807) is 0 Å². The zero-order chi connectivity index (χ0) is 28.1. The molecule has 11 N–H and O–H groups in total. The molecule has 3 amide bonds. The number of carbonyl (C=O) groups is 4. The minimum atomic E-state index is -1.24. The number of amides is 3. The summed E-state index contributed by atoms with van der Waals surface area (Å²) in [6.07, 6.45) is 3.67. The van der Waals surface area contributed by atoms with E-state index in [4.69, 9.17) is 22.3 Å². The number of aromatic nitrogens is 2. The van der Waals surface area contributed by atoms with Crippen molar-refractivity contribution >= 4 is 29.7 Å². The molecule has 2 aromatic rings. The molecular weight excluding hydrogens is 494 g/mol. The van der Waals surface area contributed by atoms with Crippen molar-refractivity contribution in [2.45, 2.75) is 56.8 Å². The number of carbonyl (C=O) groups excluding carboxylic acids is 3. The smallest absolute Gasteiger partial charge is 0.325 e. The van der Waals surface area contributed by atoms with Crippen LogP contribution in [0.25, 0.3) is 0 Å². The summed E-state index contributed by atoms with van der Waals surface area (Å²) in [5, 5.41) is 16.8. The summed E-state index contributed by atoms with van der Waals surface area (Å²) >= 11 is 0. The van der Waals surface area contributed by atoms with E-state index < -0.39 is 47.9 Å². The van der Waals surface area contributed by atoms with Crippen molar-refractivity contribution in [1.82, 2.24) is 25.9 Å². The summed E-state index contributed by atoms with van der Waals surface area (Å²) in [5.74, 6) is -3.28. The Morgan fingerprint density at radius 1 is 1.00 bits per heavy atom. The number of hydrogen-bond acceptors (Lipinski definition) is 7. The molecule has 0 aliphatic rings. The van der Waals surface area contributed by atoms with Crippen LogP contribution in [0.5, 0.6) is 0 Å². The molecule has 14 heteroatoms. The number of hydrogen-bond donors (Lipinski definition) is 8. The Balaban J connectivity index is 2.15. The number of nitrogens with zero attached hydrogens (tertiary/aromatic N) is 2. The average molecular weight is 530 g/mol. The second kappa shape index (κ2) is 14.9. The fourth-order valence-electron chi connectivity index (χ4n) is 3.49. The molecule has 0 spiro atoms. The Kier molecular flexibility index (Phi) is 11.7. The number of imidazole rings is 1. The molecule has 0 radical (unpaired) electrons. The topological polar surface area (TPSA) is 244 Å². The molecule has 0 saturated heterocycles. The first-order valence-corrected chi connectivity index (χ1v) is 12.0. The molecule has 1 aromatic heterocycles. The van der Waals surface area contributed by atoms with Gasteiger partial charge in [0.15, 0.2) is 5.96 Å². The van der Waals surface area contributed by atoms with Crippen molar-refractivity contribution < 1.29 is 24.3 Å². The van der Waals surface area contributed by atoms with Gasteiger partial charge in [0.05, 0.1) is 12.4 Å². The van der Waals surface area contributed by atoms with Gasteiger partial charge in [-0.1, -0.05) is 30.3 Å². The minimum Gasteiger partial charge on any atom is -0.480 e. The molecule has 1 heterocycles. The zero-order valence-electron chi connectivity index (χ0n) is 21.1. The van der Waals surface area contributed by atoms with Crippen LogP contribution in [0.1, 0.15) is 31.0 Å². The van der Waals surface area contributed by atoms with E-state index >= 15 is 0 Å². The highest BCUT2D eigenvalue weighted by Gasteiger charge is 2.29. The first kappa shape index (κ1) is 29.8. The molecule has 4 unspecified atom stereocenters. The van der Waals surface area contributed by atoms with E-state index in [1.807, 2.05) is 30.3 Å². The fourth-order valence-corrected chi connectivity index (χ4v) is 3.49. The van der Waals surface area contributed by atoms with Crippen molar-refractivity contribution in [3.63, 3.8) is 0 Å². The van der Waals surface area contributed by atoms with Crippen molar-refractivity contribution in [1.29, 1.82) is 0 Å². The maximum Gasteiger partial charge on any atom is 0.325 e. The molecule has 0 bridgehead atoms.